The zero-order valence-corrected chi connectivity index (χ0v) is 14.5. The molecule has 27 heavy (non-hydrogen) atoms. The quantitative estimate of drug-likeness (QED) is 0.501. The Balaban J connectivity index is 1.47. The third kappa shape index (κ3) is 3.83. The van der Waals surface area contributed by atoms with Gasteiger partial charge >= 0.3 is 5.97 Å². The molecule has 0 amide bonds. The van der Waals surface area contributed by atoms with Crippen LogP contribution in [0.5, 0.6) is 5.75 Å². The number of carbonyl (C=O) groups excluding carboxylic acids is 1. The number of halogens is 1. The molecule has 1 aliphatic rings. The second kappa shape index (κ2) is 7.60. The van der Waals surface area contributed by atoms with Crippen molar-refractivity contribution in [2.24, 2.45) is 0 Å². The second-order valence-electron chi connectivity index (χ2n) is 6.17. The third-order valence-corrected chi connectivity index (χ3v) is 4.34. The Labute approximate surface area is 155 Å². The lowest BCUT2D eigenvalue weighted by Gasteiger charge is -2.20. The molecule has 3 aromatic carbocycles. The number of rotatable bonds is 4. The summed E-state index contributed by atoms with van der Waals surface area (Å²) < 4.78 is 29.6. The van der Waals surface area contributed by atoms with Gasteiger partial charge in [0.2, 0.25) is 0 Å². The van der Waals surface area contributed by atoms with Crippen LogP contribution in [-0.2, 0) is 27.5 Å². The second-order valence-corrected chi connectivity index (χ2v) is 6.17. The van der Waals surface area contributed by atoms with Crippen LogP contribution >= 0.6 is 0 Å². The van der Waals surface area contributed by atoms with Crippen molar-refractivity contribution in [2.45, 2.75) is 13.2 Å². The molecule has 0 saturated carbocycles. The van der Waals surface area contributed by atoms with Crippen molar-refractivity contribution in [1.82, 2.24) is 0 Å². The molecule has 0 unspecified atom stereocenters. The molecule has 0 aliphatic carbocycles. The van der Waals surface area contributed by atoms with E-state index < -0.39 is 11.8 Å². The molecule has 0 saturated heterocycles. The predicted molar refractivity (Wildman–Crippen MR) is 99.5 cm³/mol. The number of hydrogen-bond donors (Lipinski definition) is 0. The Morgan fingerprint density at radius 2 is 2.00 bits per heavy atom. The number of fused-ring (bicyclic) bond motifs is 2. The average Bonchev–Trinajstić information content (AvgIpc) is 2.70. The molecule has 0 spiro atoms. The maximum atomic E-state index is 13.7. The highest BCUT2D eigenvalue weighted by molar-refractivity contribution is 5.94. The Morgan fingerprint density at radius 3 is 2.93 bits per heavy atom. The molecule has 0 bridgehead atoms. The van der Waals surface area contributed by atoms with E-state index in [4.69, 9.17) is 14.2 Å². The summed E-state index contributed by atoms with van der Waals surface area (Å²) in [6.07, 6.45) is 3.09. The number of hydrogen-bond acceptors (Lipinski definition) is 4. The van der Waals surface area contributed by atoms with Crippen molar-refractivity contribution < 1.29 is 23.4 Å². The van der Waals surface area contributed by atoms with Gasteiger partial charge in [0.1, 0.15) is 18.2 Å². The Kier molecular flexibility index (Phi) is 4.85. The van der Waals surface area contributed by atoms with E-state index in [0.29, 0.717) is 16.9 Å². The van der Waals surface area contributed by atoms with Crippen molar-refractivity contribution >= 4 is 22.8 Å². The van der Waals surface area contributed by atoms with Crippen LogP contribution in [0.25, 0.3) is 16.8 Å². The standard InChI is InChI=1S/C22H17FO4/c23-19-10-17-12-25-14-27-22(17)18(11-19)13-26-21(24)9-8-16-6-3-5-15-4-1-2-7-20(15)16/h1-11H,12-14H2/b9-8+. The van der Waals surface area contributed by atoms with E-state index in [9.17, 15) is 9.18 Å². The van der Waals surface area contributed by atoms with Crippen molar-refractivity contribution in [2.75, 3.05) is 6.79 Å². The number of benzene rings is 3. The first-order valence-corrected chi connectivity index (χ1v) is 8.55. The van der Waals surface area contributed by atoms with Gasteiger partial charge in [-0.25, -0.2) is 9.18 Å². The molecular formula is C22H17FO4. The number of carbonyl (C=O) groups is 1. The summed E-state index contributed by atoms with van der Waals surface area (Å²) in [4.78, 5) is 12.1. The van der Waals surface area contributed by atoms with Crippen molar-refractivity contribution in [3.8, 4) is 5.75 Å². The lowest BCUT2D eigenvalue weighted by molar-refractivity contribution is -0.139. The van der Waals surface area contributed by atoms with Crippen molar-refractivity contribution in [1.29, 1.82) is 0 Å². The van der Waals surface area contributed by atoms with Gasteiger partial charge in [-0.2, -0.15) is 0 Å². The van der Waals surface area contributed by atoms with E-state index >= 15 is 0 Å². The SMILES string of the molecule is O=C(/C=C/c1cccc2ccccc12)OCc1cc(F)cc2c1OCOC2. The molecule has 3 aromatic rings. The maximum Gasteiger partial charge on any atom is 0.331 e. The minimum Gasteiger partial charge on any atom is -0.467 e. The van der Waals surface area contributed by atoms with Crippen LogP contribution in [0.2, 0.25) is 0 Å². The predicted octanol–water partition coefficient (Wildman–Crippen LogP) is 4.60. The molecule has 4 rings (SSSR count). The smallest absolute Gasteiger partial charge is 0.331 e. The zero-order valence-electron chi connectivity index (χ0n) is 14.5. The summed E-state index contributed by atoms with van der Waals surface area (Å²) in [5.41, 5.74) is 2.02. The molecule has 0 atom stereocenters. The molecular weight excluding hydrogens is 347 g/mol. The summed E-state index contributed by atoms with van der Waals surface area (Å²) in [5, 5.41) is 2.15. The van der Waals surface area contributed by atoms with Crippen LogP contribution in [-0.4, -0.2) is 12.8 Å². The highest BCUT2D eigenvalue weighted by Gasteiger charge is 2.17. The zero-order chi connectivity index (χ0) is 18.6. The van der Waals surface area contributed by atoms with Gasteiger partial charge < -0.3 is 14.2 Å². The highest BCUT2D eigenvalue weighted by Crippen LogP contribution is 2.30. The topological polar surface area (TPSA) is 44.8 Å². The van der Waals surface area contributed by atoms with E-state index in [1.807, 2.05) is 42.5 Å². The summed E-state index contributed by atoms with van der Waals surface area (Å²) in [5.74, 6) is -0.401. The monoisotopic (exact) mass is 364 g/mol. The Bertz CT molecular complexity index is 1020. The van der Waals surface area contributed by atoms with E-state index in [0.717, 1.165) is 16.3 Å². The molecule has 1 heterocycles. The van der Waals surface area contributed by atoms with Gasteiger partial charge in [-0.15, -0.1) is 0 Å². The summed E-state index contributed by atoms with van der Waals surface area (Å²) in [6.45, 7) is 0.300. The van der Waals surface area contributed by atoms with Crippen LogP contribution in [0.15, 0.2) is 60.7 Å². The van der Waals surface area contributed by atoms with Gasteiger partial charge in [0.25, 0.3) is 0 Å². The fourth-order valence-electron chi connectivity index (χ4n) is 3.11. The molecule has 0 N–H and O–H groups in total. The van der Waals surface area contributed by atoms with Gasteiger partial charge in [-0.3, -0.25) is 0 Å². The lowest BCUT2D eigenvalue weighted by atomic mass is 10.0. The van der Waals surface area contributed by atoms with Crippen LogP contribution in [0.1, 0.15) is 16.7 Å². The number of esters is 1. The Hall–Kier alpha value is -3.18. The minimum absolute atomic E-state index is 0.0706. The van der Waals surface area contributed by atoms with E-state index in [-0.39, 0.29) is 20.0 Å². The molecule has 0 fully saturated rings. The molecule has 5 heteroatoms. The molecule has 0 radical (unpaired) electrons. The average molecular weight is 364 g/mol. The highest BCUT2D eigenvalue weighted by atomic mass is 19.1. The van der Waals surface area contributed by atoms with Gasteiger partial charge in [0, 0.05) is 17.2 Å². The fraction of sp³-hybridized carbons (Fsp3) is 0.136. The van der Waals surface area contributed by atoms with Crippen LogP contribution in [0.4, 0.5) is 4.39 Å². The number of ether oxygens (including phenoxy) is 3. The van der Waals surface area contributed by atoms with E-state index in [1.54, 1.807) is 6.08 Å². The summed E-state index contributed by atoms with van der Waals surface area (Å²) >= 11 is 0. The first-order chi connectivity index (χ1) is 13.2. The van der Waals surface area contributed by atoms with Crippen LogP contribution in [0, 0.1) is 5.82 Å². The maximum absolute atomic E-state index is 13.7. The molecule has 136 valence electrons. The Morgan fingerprint density at radius 1 is 1.15 bits per heavy atom. The summed E-state index contributed by atoms with van der Waals surface area (Å²) in [7, 11) is 0. The van der Waals surface area contributed by atoms with Crippen molar-refractivity contribution in [3.05, 3.63) is 83.2 Å². The van der Waals surface area contributed by atoms with Gasteiger partial charge in [-0.1, -0.05) is 42.5 Å². The van der Waals surface area contributed by atoms with Gasteiger partial charge in [0.15, 0.2) is 6.79 Å². The fourth-order valence-corrected chi connectivity index (χ4v) is 3.11. The van der Waals surface area contributed by atoms with Gasteiger partial charge in [-0.05, 0) is 34.5 Å². The third-order valence-electron chi connectivity index (χ3n) is 4.34. The first kappa shape index (κ1) is 17.2. The lowest BCUT2D eigenvalue weighted by Crippen LogP contribution is -2.14. The minimum atomic E-state index is -0.506. The van der Waals surface area contributed by atoms with Crippen molar-refractivity contribution in [3.63, 3.8) is 0 Å². The molecule has 1 aliphatic heterocycles. The van der Waals surface area contributed by atoms with E-state index in [1.165, 1.54) is 18.2 Å². The molecule has 4 nitrogen and oxygen atoms in total. The van der Waals surface area contributed by atoms with Crippen LogP contribution in [0.3, 0.4) is 0 Å². The van der Waals surface area contributed by atoms with Crippen LogP contribution < -0.4 is 4.74 Å². The normalized spacial score (nSPS) is 13.4. The summed E-state index contributed by atoms with van der Waals surface area (Å²) in [6, 6.07) is 16.5. The van der Waals surface area contributed by atoms with Gasteiger partial charge in [0.05, 0.1) is 6.61 Å². The largest absolute Gasteiger partial charge is 0.467 e. The molecule has 0 aromatic heterocycles. The first-order valence-electron chi connectivity index (χ1n) is 8.55. The van der Waals surface area contributed by atoms with E-state index in [2.05, 4.69) is 0 Å².